The molecule has 2 aromatic rings. The molecular weight excluding hydrogens is 683 g/mol. The second-order valence-electron chi connectivity index (χ2n) is 11.9. The van der Waals surface area contributed by atoms with Crippen molar-refractivity contribution < 1.29 is 57.6 Å². The van der Waals surface area contributed by atoms with Crippen molar-refractivity contribution in [1.82, 2.24) is 29.9 Å². The van der Waals surface area contributed by atoms with Crippen molar-refractivity contribution in [2.75, 3.05) is 83.9 Å². The zero-order valence-corrected chi connectivity index (χ0v) is 27.7. The van der Waals surface area contributed by atoms with Gasteiger partial charge < -0.3 is 31.1 Å². The zero-order chi connectivity index (χ0) is 37.6. The smallest absolute Gasteiger partial charge is 0.416 e. The summed E-state index contributed by atoms with van der Waals surface area (Å²) in [5.41, 5.74) is -0.771. The number of halogens is 3. The molecule has 1 amide bonds. The van der Waals surface area contributed by atoms with Crippen LogP contribution in [0.15, 0.2) is 42.6 Å². The Morgan fingerprint density at radius 3 is 1.78 bits per heavy atom. The lowest BCUT2D eigenvalue weighted by atomic mass is 10.1. The normalized spacial score (nSPS) is 16.7. The Bertz CT molecular complexity index is 1480. The predicted molar refractivity (Wildman–Crippen MR) is 176 cm³/mol. The number of carboxylic acid groups (broad SMARTS) is 4. The van der Waals surface area contributed by atoms with Crippen molar-refractivity contribution in [3.8, 4) is 0 Å². The molecule has 0 saturated carbocycles. The molecule has 1 atom stereocenters. The van der Waals surface area contributed by atoms with Crippen molar-refractivity contribution in [1.29, 1.82) is 0 Å². The van der Waals surface area contributed by atoms with E-state index in [1.54, 1.807) is 19.6 Å². The fourth-order valence-electron chi connectivity index (χ4n) is 5.57. The van der Waals surface area contributed by atoms with Gasteiger partial charge in [0.25, 0.3) is 5.91 Å². The summed E-state index contributed by atoms with van der Waals surface area (Å²) in [6.07, 6.45) is -2.96. The third-order valence-electron chi connectivity index (χ3n) is 8.12. The van der Waals surface area contributed by atoms with E-state index in [1.807, 2.05) is 0 Å². The molecule has 280 valence electrons. The summed E-state index contributed by atoms with van der Waals surface area (Å²) in [6.45, 7) is 0.213. The van der Waals surface area contributed by atoms with Gasteiger partial charge in [0.15, 0.2) is 0 Å². The number of hydrogen-bond acceptors (Lipinski definition) is 11. The Kier molecular flexibility index (Phi) is 15.5. The number of alkyl halides is 3. The third-order valence-corrected chi connectivity index (χ3v) is 8.12. The van der Waals surface area contributed by atoms with E-state index in [9.17, 15) is 57.6 Å². The maximum absolute atomic E-state index is 13.2. The topological polar surface area (TPSA) is 216 Å². The van der Waals surface area contributed by atoms with Crippen LogP contribution < -0.4 is 10.6 Å². The van der Waals surface area contributed by atoms with E-state index in [-0.39, 0.29) is 108 Å². The van der Waals surface area contributed by atoms with Gasteiger partial charge in [-0.25, -0.2) is 4.98 Å². The molecular formula is C32H42F3N7O9. The quantitative estimate of drug-likeness (QED) is 0.143. The van der Waals surface area contributed by atoms with Gasteiger partial charge >= 0.3 is 30.1 Å². The zero-order valence-electron chi connectivity index (χ0n) is 27.7. The number of benzene rings is 1. The first-order chi connectivity index (χ1) is 24.1. The first-order valence-electron chi connectivity index (χ1n) is 16.1. The number of aliphatic carboxylic acids is 4. The second-order valence-corrected chi connectivity index (χ2v) is 11.9. The van der Waals surface area contributed by atoms with Gasteiger partial charge in [-0.1, -0.05) is 6.07 Å². The highest BCUT2D eigenvalue weighted by atomic mass is 19.4. The highest BCUT2D eigenvalue weighted by Gasteiger charge is 2.31. The molecule has 1 fully saturated rings. The number of carboxylic acids is 4. The van der Waals surface area contributed by atoms with Gasteiger partial charge in [0.05, 0.1) is 30.8 Å². The van der Waals surface area contributed by atoms with Crippen molar-refractivity contribution in [3.05, 3.63) is 53.7 Å². The lowest BCUT2D eigenvalue weighted by Crippen LogP contribution is -2.51. The van der Waals surface area contributed by atoms with Crippen molar-refractivity contribution in [3.63, 3.8) is 0 Å². The molecule has 1 aliphatic rings. The molecule has 51 heavy (non-hydrogen) atoms. The summed E-state index contributed by atoms with van der Waals surface area (Å²) in [5.74, 6) is -5.07. The van der Waals surface area contributed by atoms with Crippen molar-refractivity contribution >= 4 is 41.3 Å². The predicted octanol–water partition coefficient (Wildman–Crippen LogP) is 1.28. The lowest BCUT2D eigenvalue weighted by Gasteiger charge is -2.35. The van der Waals surface area contributed by atoms with Crippen LogP contribution in [0, 0.1) is 0 Å². The van der Waals surface area contributed by atoms with Crippen molar-refractivity contribution in [2.24, 2.45) is 0 Å². The van der Waals surface area contributed by atoms with Crippen LogP contribution in [0.4, 0.5) is 24.7 Å². The Labute approximate surface area is 291 Å². The van der Waals surface area contributed by atoms with Crippen molar-refractivity contribution in [2.45, 2.75) is 25.1 Å². The minimum atomic E-state index is -4.57. The van der Waals surface area contributed by atoms with Gasteiger partial charge in [-0.05, 0) is 43.2 Å². The van der Waals surface area contributed by atoms with Crippen LogP contribution in [0.2, 0.25) is 0 Å². The molecule has 0 spiro atoms. The minimum absolute atomic E-state index is 0.0139. The molecule has 1 saturated heterocycles. The Balaban J connectivity index is 1.69. The van der Waals surface area contributed by atoms with Gasteiger partial charge in [0, 0.05) is 70.8 Å². The van der Waals surface area contributed by atoms with Gasteiger partial charge in [-0.3, -0.25) is 43.6 Å². The monoisotopic (exact) mass is 725 g/mol. The van der Waals surface area contributed by atoms with Crippen LogP contribution in [0.5, 0.6) is 0 Å². The maximum Gasteiger partial charge on any atom is 0.416 e. The molecule has 0 aliphatic carbocycles. The average molecular weight is 726 g/mol. The molecule has 2 heterocycles. The SMILES string of the molecule is O=C(O)CN1CCN(CC(=O)O)CCN(C(CCCNC(=O)c2cccnc2Nc2cccc(C(F)(F)F)c2)C(=O)O)CCN(CC(=O)O)CC1. The van der Waals surface area contributed by atoms with E-state index < -0.39 is 47.6 Å². The first-order valence-corrected chi connectivity index (χ1v) is 16.1. The highest BCUT2D eigenvalue weighted by Crippen LogP contribution is 2.31. The molecule has 19 heteroatoms. The number of amides is 1. The molecule has 16 nitrogen and oxygen atoms in total. The number of hydrogen-bond donors (Lipinski definition) is 6. The Hall–Kier alpha value is -4.85. The standard InChI is InChI=1S/C32H42F3N7O9/c33-32(34,35)22-4-1-5-23(18-22)38-29-24(6-2-8-36-29)30(49)37-9-3-7-25(31(50)51)42-16-14-40(20-27(45)46)12-10-39(19-26(43)44)11-13-41(15-17-42)21-28(47)48/h1-2,4-6,8,18,25H,3,7,9-17,19-21H2,(H,36,38)(H,37,49)(H,43,44)(H,45,46)(H,47,48)(H,50,51). The van der Waals surface area contributed by atoms with E-state index in [1.165, 1.54) is 30.5 Å². The Morgan fingerprint density at radius 2 is 1.29 bits per heavy atom. The largest absolute Gasteiger partial charge is 0.480 e. The maximum atomic E-state index is 13.2. The summed E-state index contributed by atoms with van der Waals surface area (Å²) in [7, 11) is 0. The van der Waals surface area contributed by atoms with Crippen LogP contribution in [0.1, 0.15) is 28.8 Å². The number of rotatable bonds is 15. The molecule has 0 radical (unpaired) electrons. The van der Waals surface area contributed by atoms with Gasteiger partial charge in [-0.2, -0.15) is 13.2 Å². The third kappa shape index (κ3) is 14.1. The van der Waals surface area contributed by atoms with Gasteiger partial charge in [-0.15, -0.1) is 0 Å². The molecule has 1 aromatic heterocycles. The lowest BCUT2D eigenvalue weighted by molar-refractivity contribution is -0.145. The number of nitrogens with one attached hydrogen (secondary N) is 2. The Morgan fingerprint density at radius 1 is 0.765 bits per heavy atom. The van der Waals surface area contributed by atoms with E-state index >= 15 is 0 Å². The summed E-state index contributed by atoms with van der Waals surface area (Å²) < 4.78 is 39.5. The number of carbonyl (C=O) groups excluding carboxylic acids is 1. The van der Waals surface area contributed by atoms with Crippen LogP contribution in [0.25, 0.3) is 0 Å². The molecule has 6 N–H and O–H groups in total. The summed E-state index contributed by atoms with van der Waals surface area (Å²) in [5, 5.41) is 43.8. The number of anilines is 2. The second kappa shape index (κ2) is 19.5. The number of nitrogens with zero attached hydrogens (tertiary/aromatic N) is 5. The molecule has 1 aromatic carbocycles. The van der Waals surface area contributed by atoms with Crippen LogP contribution in [-0.4, -0.2) is 159 Å². The number of pyridine rings is 1. The van der Waals surface area contributed by atoms with E-state index in [2.05, 4.69) is 15.6 Å². The summed E-state index contributed by atoms with van der Waals surface area (Å²) >= 11 is 0. The fraction of sp³-hybridized carbons (Fsp3) is 0.500. The van der Waals surface area contributed by atoms with Crippen LogP contribution >= 0.6 is 0 Å². The van der Waals surface area contributed by atoms with Gasteiger partial charge in [0.1, 0.15) is 11.9 Å². The molecule has 0 bridgehead atoms. The van der Waals surface area contributed by atoms with E-state index in [0.717, 1.165) is 12.1 Å². The van der Waals surface area contributed by atoms with Gasteiger partial charge in [0.2, 0.25) is 0 Å². The molecule has 1 unspecified atom stereocenters. The number of carbonyl (C=O) groups is 5. The van der Waals surface area contributed by atoms with E-state index in [0.29, 0.717) is 0 Å². The fourth-order valence-corrected chi connectivity index (χ4v) is 5.57. The molecule has 3 rings (SSSR count). The average Bonchev–Trinajstić information content (AvgIpc) is 3.04. The van der Waals surface area contributed by atoms with E-state index in [4.69, 9.17) is 0 Å². The van der Waals surface area contributed by atoms with Crippen LogP contribution in [0.3, 0.4) is 0 Å². The minimum Gasteiger partial charge on any atom is -0.480 e. The number of aromatic nitrogens is 1. The highest BCUT2D eigenvalue weighted by molar-refractivity contribution is 5.99. The molecule has 1 aliphatic heterocycles. The summed E-state index contributed by atoms with van der Waals surface area (Å²) in [4.78, 5) is 70.6. The first kappa shape index (κ1) is 40.6. The van der Waals surface area contributed by atoms with Crippen LogP contribution in [-0.2, 0) is 25.4 Å². The summed E-state index contributed by atoms with van der Waals surface area (Å²) in [6, 6.07) is 6.24.